The molecule has 2 aliphatic heterocycles. The molecule has 0 radical (unpaired) electrons. The molecule has 17 heteroatoms. The summed E-state index contributed by atoms with van der Waals surface area (Å²) in [5.41, 5.74) is -13.2. The van der Waals surface area contributed by atoms with Crippen LogP contribution in [0.2, 0.25) is 0 Å². The van der Waals surface area contributed by atoms with Gasteiger partial charge in [-0.05, 0) is 30.3 Å². The number of carbonyl (C=O) groups is 1. The lowest BCUT2D eigenvalue weighted by Crippen LogP contribution is -2.33. The Morgan fingerprint density at radius 3 is 1.59 bits per heavy atom. The Hall–Kier alpha value is -3.99. The first-order chi connectivity index (χ1) is 18.0. The fraction of sp³-hybridized carbons (Fsp3) is 0.136. The smallest absolute Gasteiger partial charge is 0.456 e. The normalized spacial score (nSPS) is 16.0. The van der Waals surface area contributed by atoms with Crippen LogP contribution in [0.15, 0.2) is 60.7 Å². The number of benzene rings is 3. The second-order valence-corrected chi connectivity index (χ2v) is 11.1. The van der Waals surface area contributed by atoms with Gasteiger partial charge >= 0.3 is 37.2 Å². The summed E-state index contributed by atoms with van der Waals surface area (Å²) in [6.45, 7) is 0. The average Bonchev–Trinajstić information content (AvgIpc) is 3.10. The van der Waals surface area contributed by atoms with Crippen molar-refractivity contribution >= 4 is 26.2 Å². The highest BCUT2D eigenvalue weighted by Crippen LogP contribution is 2.57. The summed E-state index contributed by atoms with van der Waals surface area (Å²) in [4.78, 5) is 12.8. The molecule has 0 saturated carbocycles. The quantitative estimate of drug-likeness (QED) is 0.182. The monoisotopic (exact) mass is 596 g/mol. The molecular formula is C22H10F6O9S2. The molecule has 2 heterocycles. The van der Waals surface area contributed by atoms with Crippen molar-refractivity contribution in [2.24, 2.45) is 0 Å². The van der Waals surface area contributed by atoms with Gasteiger partial charge in [0.1, 0.15) is 23.0 Å². The minimum Gasteiger partial charge on any atom is -0.456 e. The Kier molecular flexibility index (Phi) is 5.63. The first-order valence-corrected chi connectivity index (χ1v) is 13.1. The van der Waals surface area contributed by atoms with E-state index in [1.54, 1.807) is 0 Å². The van der Waals surface area contributed by atoms with Gasteiger partial charge in [0, 0.05) is 28.8 Å². The van der Waals surface area contributed by atoms with Gasteiger partial charge in [-0.25, -0.2) is 4.79 Å². The molecule has 0 fully saturated rings. The lowest BCUT2D eigenvalue weighted by atomic mass is 9.77. The van der Waals surface area contributed by atoms with Crippen molar-refractivity contribution in [2.75, 3.05) is 0 Å². The molecule has 3 aromatic rings. The summed E-state index contributed by atoms with van der Waals surface area (Å²) in [5.74, 6) is -3.41. The zero-order chi connectivity index (χ0) is 28.6. The number of carbonyl (C=O) groups excluding carboxylic acids is 1. The number of hydrogen-bond acceptors (Lipinski definition) is 9. The molecule has 0 bridgehead atoms. The van der Waals surface area contributed by atoms with Crippen LogP contribution in [-0.4, -0.2) is 33.8 Å². The molecule has 0 aliphatic carbocycles. The summed E-state index contributed by atoms with van der Waals surface area (Å²) >= 11 is 0. The van der Waals surface area contributed by atoms with Gasteiger partial charge in [-0.1, -0.05) is 18.2 Å². The third kappa shape index (κ3) is 4.12. The van der Waals surface area contributed by atoms with Crippen molar-refractivity contribution in [3.05, 3.63) is 82.9 Å². The third-order valence-electron chi connectivity index (χ3n) is 5.64. The Morgan fingerprint density at radius 2 is 1.13 bits per heavy atom. The van der Waals surface area contributed by atoms with Crippen LogP contribution >= 0.6 is 0 Å². The Morgan fingerprint density at radius 1 is 0.667 bits per heavy atom. The van der Waals surface area contributed by atoms with Crippen molar-refractivity contribution < 1.29 is 65.8 Å². The summed E-state index contributed by atoms with van der Waals surface area (Å²) in [5, 5.41) is 0. The van der Waals surface area contributed by atoms with Gasteiger partial charge in [-0.15, -0.1) is 0 Å². The predicted molar refractivity (Wildman–Crippen MR) is 116 cm³/mol. The first-order valence-electron chi connectivity index (χ1n) is 10.3. The maximum Gasteiger partial charge on any atom is 0.534 e. The van der Waals surface area contributed by atoms with Crippen LogP contribution in [0.25, 0.3) is 0 Å². The van der Waals surface area contributed by atoms with Crippen LogP contribution in [0.4, 0.5) is 26.3 Å². The minimum absolute atomic E-state index is 0.0124. The van der Waals surface area contributed by atoms with Crippen LogP contribution in [0.1, 0.15) is 27.0 Å². The molecule has 39 heavy (non-hydrogen) atoms. The van der Waals surface area contributed by atoms with E-state index in [0.29, 0.717) is 0 Å². The molecule has 1 spiro atoms. The van der Waals surface area contributed by atoms with Gasteiger partial charge in [0.05, 0.1) is 5.56 Å². The Bertz CT molecular complexity index is 1650. The van der Waals surface area contributed by atoms with E-state index in [0.717, 1.165) is 36.4 Å². The van der Waals surface area contributed by atoms with E-state index >= 15 is 0 Å². The lowest BCUT2D eigenvalue weighted by Gasteiger charge is -2.36. The van der Waals surface area contributed by atoms with E-state index in [-0.39, 0.29) is 22.3 Å². The highest BCUT2D eigenvalue weighted by Gasteiger charge is 2.54. The zero-order valence-corrected chi connectivity index (χ0v) is 20.2. The van der Waals surface area contributed by atoms with Crippen LogP contribution < -0.4 is 13.1 Å². The summed E-state index contributed by atoms with van der Waals surface area (Å²) < 4.78 is 142. The number of halogens is 6. The molecule has 0 amide bonds. The van der Waals surface area contributed by atoms with Crippen molar-refractivity contribution in [2.45, 2.75) is 16.6 Å². The summed E-state index contributed by atoms with van der Waals surface area (Å²) in [6, 6.07) is 11.2. The molecule has 0 aromatic heterocycles. The summed E-state index contributed by atoms with van der Waals surface area (Å²) in [6.07, 6.45) is 0. The number of alkyl halides is 6. The largest absolute Gasteiger partial charge is 0.534 e. The maximum absolute atomic E-state index is 12.8. The number of fused-ring (bicyclic) bond motifs is 6. The van der Waals surface area contributed by atoms with Crippen LogP contribution in [0.3, 0.4) is 0 Å². The van der Waals surface area contributed by atoms with E-state index in [2.05, 4.69) is 8.37 Å². The van der Waals surface area contributed by atoms with Crippen molar-refractivity contribution in [1.82, 2.24) is 0 Å². The SMILES string of the molecule is O=C1OC2(c3ccc(OS(=O)(=O)C(F)(F)F)cc3Oc3cc(OS(=O)(=O)C(F)(F)F)ccc32)c2ccccc21. The molecule has 0 saturated heterocycles. The third-order valence-corrected chi connectivity index (χ3v) is 7.59. The average molecular weight is 596 g/mol. The number of rotatable bonds is 4. The van der Waals surface area contributed by atoms with Gasteiger partial charge < -0.3 is 17.8 Å². The second-order valence-electron chi connectivity index (χ2n) is 8.00. The molecule has 5 rings (SSSR count). The molecule has 0 atom stereocenters. The van der Waals surface area contributed by atoms with Gasteiger partial charge in [0.2, 0.25) is 0 Å². The highest BCUT2D eigenvalue weighted by atomic mass is 32.2. The molecule has 3 aromatic carbocycles. The molecule has 2 aliphatic rings. The van der Waals surface area contributed by atoms with Gasteiger partial charge in [0.15, 0.2) is 5.60 Å². The van der Waals surface area contributed by atoms with E-state index in [4.69, 9.17) is 9.47 Å². The molecule has 0 N–H and O–H groups in total. The summed E-state index contributed by atoms with van der Waals surface area (Å²) in [7, 11) is -12.2. The number of hydrogen-bond donors (Lipinski definition) is 0. The second kappa shape index (κ2) is 8.25. The topological polar surface area (TPSA) is 122 Å². The Labute approximate surface area is 214 Å². The lowest BCUT2D eigenvalue weighted by molar-refractivity contribution is -0.0504. The number of esters is 1. The van der Waals surface area contributed by atoms with Gasteiger partial charge in [-0.2, -0.15) is 43.2 Å². The van der Waals surface area contributed by atoms with E-state index in [9.17, 15) is 48.0 Å². The highest BCUT2D eigenvalue weighted by molar-refractivity contribution is 7.88. The van der Waals surface area contributed by atoms with Gasteiger partial charge in [-0.3, -0.25) is 0 Å². The predicted octanol–water partition coefficient (Wildman–Crippen LogP) is 4.71. The minimum atomic E-state index is -6.10. The molecule has 0 unspecified atom stereocenters. The van der Waals surface area contributed by atoms with Crippen LogP contribution in [0.5, 0.6) is 23.0 Å². The number of ether oxygens (including phenoxy) is 2. The molecule has 9 nitrogen and oxygen atoms in total. The standard InChI is InChI=1S/C22H10F6O9S2/c23-21(24,25)38(30,31)36-11-5-7-15-17(9-11)34-18-10-12(37-39(32,33)22(26,27)28)6-8-16(18)20(15)14-4-2-1-3-13(14)19(29)35-20/h1-10H. The van der Waals surface area contributed by atoms with Crippen molar-refractivity contribution in [3.8, 4) is 23.0 Å². The molecular weight excluding hydrogens is 586 g/mol. The Balaban J connectivity index is 1.69. The van der Waals surface area contributed by atoms with Gasteiger partial charge in [0.25, 0.3) is 0 Å². The van der Waals surface area contributed by atoms with Crippen molar-refractivity contribution in [3.63, 3.8) is 0 Å². The van der Waals surface area contributed by atoms with Crippen LogP contribution in [-0.2, 0) is 30.6 Å². The zero-order valence-electron chi connectivity index (χ0n) is 18.5. The van der Waals surface area contributed by atoms with Crippen molar-refractivity contribution in [1.29, 1.82) is 0 Å². The molecule has 206 valence electrons. The first kappa shape index (κ1) is 26.6. The van der Waals surface area contributed by atoms with E-state index in [1.807, 2.05) is 0 Å². The van der Waals surface area contributed by atoms with E-state index < -0.39 is 65.8 Å². The van der Waals surface area contributed by atoms with E-state index in [1.165, 1.54) is 24.3 Å². The maximum atomic E-state index is 12.8. The fourth-order valence-electron chi connectivity index (χ4n) is 4.09. The fourth-order valence-corrected chi connectivity index (χ4v) is 4.99. The van der Waals surface area contributed by atoms with Crippen LogP contribution in [0, 0.1) is 0 Å².